The Morgan fingerprint density at radius 3 is 2.67 bits per heavy atom. The zero-order valence-corrected chi connectivity index (χ0v) is 26.9. The summed E-state index contributed by atoms with van der Waals surface area (Å²) in [7, 11) is 2.09. The molecule has 10 nitrogen and oxygen atoms in total. The summed E-state index contributed by atoms with van der Waals surface area (Å²) < 4.78 is 26.9. The molecule has 3 aromatic rings. The number of ether oxygens (including phenoxy) is 2. The molecule has 6 rings (SSSR count). The molecule has 2 fully saturated rings. The number of aromatic nitrogens is 2. The fraction of sp³-hybridized carbons (Fsp3) is 0.486. The number of halogens is 1. The van der Waals surface area contributed by atoms with Crippen LogP contribution < -0.4 is 9.64 Å². The van der Waals surface area contributed by atoms with Gasteiger partial charge in [0.15, 0.2) is 0 Å². The number of anilines is 1. The Hall–Kier alpha value is -4.43. The Labute approximate surface area is 269 Å². The summed E-state index contributed by atoms with van der Waals surface area (Å²) >= 11 is 0. The smallest absolute Gasteiger partial charge is 0.410 e. The number of benzene rings is 2. The quantitative estimate of drug-likeness (QED) is 0.374. The number of carbonyl (C=O) groups excluding carboxylic acids is 1. The molecule has 11 heteroatoms. The summed E-state index contributed by atoms with van der Waals surface area (Å²) in [5, 5.41) is 20.2. The third-order valence-corrected chi connectivity index (χ3v) is 9.07. The molecule has 0 saturated carbocycles. The lowest BCUT2D eigenvalue weighted by atomic mass is 9.86. The van der Waals surface area contributed by atoms with Gasteiger partial charge >= 0.3 is 12.1 Å². The van der Waals surface area contributed by atoms with E-state index in [0.29, 0.717) is 43.9 Å². The molecule has 0 bridgehead atoms. The van der Waals surface area contributed by atoms with E-state index in [0.717, 1.165) is 48.3 Å². The minimum absolute atomic E-state index is 0.129. The molecule has 46 heavy (non-hydrogen) atoms. The van der Waals surface area contributed by atoms with E-state index in [-0.39, 0.29) is 35.8 Å². The predicted octanol–water partition coefficient (Wildman–Crippen LogP) is 5.57. The fourth-order valence-electron chi connectivity index (χ4n) is 6.71. The van der Waals surface area contributed by atoms with Crippen molar-refractivity contribution in [3.63, 3.8) is 0 Å². The zero-order valence-electron chi connectivity index (χ0n) is 26.9. The number of fused-ring (bicyclic) bond motifs is 3. The standard InChI is InChI=1S/C35H41FN6O4/c1-35(2,3)46-34(44)42-18-17-41(20-24(42)14-15-37)32-26-13-12-22-10-11-23(30-28(36)8-5-9-29(30)43)19-27(22)31(26)38-33(39-32)45-21-25-7-6-16-40(25)4/h5,8-11,19,24-25,43H,6-7,12-14,16-18,20-21H2,1-4H3/t24-,25-/m0/s1. The number of phenolic OH excluding ortho intramolecular Hbond substituents is 1. The number of carbonyl (C=O) groups is 1. The van der Waals surface area contributed by atoms with Crippen molar-refractivity contribution in [3.05, 3.63) is 53.3 Å². The first-order valence-electron chi connectivity index (χ1n) is 16.0. The lowest BCUT2D eigenvalue weighted by Crippen LogP contribution is -2.56. The number of nitrogens with zero attached hydrogens (tertiary/aromatic N) is 6. The highest BCUT2D eigenvalue weighted by Crippen LogP contribution is 2.42. The van der Waals surface area contributed by atoms with Crippen molar-refractivity contribution in [2.45, 2.75) is 70.6 Å². The summed E-state index contributed by atoms with van der Waals surface area (Å²) in [6.07, 6.45) is 3.28. The third-order valence-electron chi connectivity index (χ3n) is 9.07. The van der Waals surface area contributed by atoms with Crippen molar-refractivity contribution in [1.29, 1.82) is 5.26 Å². The highest BCUT2D eigenvalue weighted by atomic mass is 19.1. The van der Waals surface area contributed by atoms with Gasteiger partial charge in [0.25, 0.3) is 0 Å². The number of aryl methyl sites for hydroxylation is 1. The third kappa shape index (κ3) is 6.44. The summed E-state index contributed by atoms with van der Waals surface area (Å²) in [6, 6.07) is 12.4. The van der Waals surface area contributed by atoms with E-state index in [4.69, 9.17) is 19.4 Å². The Kier molecular flexibility index (Phi) is 8.75. The first kappa shape index (κ1) is 31.5. The molecule has 1 amide bonds. The number of hydrogen-bond donors (Lipinski definition) is 1. The highest BCUT2D eigenvalue weighted by molar-refractivity contribution is 5.81. The van der Waals surface area contributed by atoms with Crippen molar-refractivity contribution < 1.29 is 23.8 Å². The molecule has 3 aliphatic rings. The molecular formula is C35H41FN6O4. The monoisotopic (exact) mass is 628 g/mol. The molecule has 2 aliphatic heterocycles. The maximum absolute atomic E-state index is 14.9. The van der Waals surface area contributed by atoms with Crippen molar-refractivity contribution in [1.82, 2.24) is 19.8 Å². The number of rotatable bonds is 6. The summed E-state index contributed by atoms with van der Waals surface area (Å²) in [5.74, 6) is 0.0854. The van der Waals surface area contributed by atoms with Crippen molar-refractivity contribution in [3.8, 4) is 40.2 Å². The van der Waals surface area contributed by atoms with Crippen LogP contribution in [0.15, 0.2) is 36.4 Å². The van der Waals surface area contributed by atoms with Gasteiger partial charge in [-0.2, -0.15) is 15.2 Å². The van der Waals surface area contributed by atoms with Gasteiger partial charge in [-0.05, 0) is 89.4 Å². The molecule has 0 spiro atoms. The average Bonchev–Trinajstić information content (AvgIpc) is 3.43. The second kappa shape index (κ2) is 12.8. The minimum atomic E-state index is -0.650. The van der Waals surface area contributed by atoms with E-state index in [2.05, 4.69) is 22.9 Å². The van der Waals surface area contributed by atoms with E-state index in [1.165, 1.54) is 18.2 Å². The van der Waals surface area contributed by atoms with Gasteiger partial charge in [0.1, 0.15) is 29.6 Å². The number of hydrogen-bond acceptors (Lipinski definition) is 9. The summed E-state index contributed by atoms with van der Waals surface area (Å²) in [5.41, 5.74) is 3.61. The molecular weight excluding hydrogens is 587 g/mol. The largest absolute Gasteiger partial charge is 0.507 e. The van der Waals surface area contributed by atoms with Gasteiger partial charge in [0.05, 0.1) is 29.8 Å². The maximum atomic E-state index is 14.9. The van der Waals surface area contributed by atoms with E-state index in [1.54, 1.807) is 4.90 Å². The number of piperazine rings is 1. The molecule has 0 unspecified atom stereocenters. The molecule has 242 valence electrons. The first-order valence-corrected chi connectivity index (χ1v) is 16.0. The number of amides is 1. The summed E-state index contributed by atoms with van der Waals surface area (Å²) in [6.45, 7) is 8.22. The van der Waals surface area contributed by atoms with E-state index in [1.807, 2.05) is 39.0 Å². The number of likely N-dealkylation sites (N-methyl/N-ethyl adjacent to an activating group) is 1. The summed E-state index contributed by atoms with van der Waals surface area (Å²) in [4.78, 5) is 29.0. The lowest BCUT2D eigenvalue weighted by Gasteiger charge is -2.42. The van der Waals surface area contributed by atoms with Gasteiger partial charge in [-0.3, -0.25) is 0 Å². The number of phenols is 1. The number of nitriles is 1. The van der Waals surface area contributed by atoms with Gasteiger partial charge in [-0.15, -0.1) is 0 Å². The Balaban J connectivity index is 1.39. The Bertz CT molecular complexity index is 1650. The first-order chi connectivity index (χ1) is 22.0. The molecule has 0 radical (unpaired) electrons. The molecule has 2 saturated heterocycles. The van der Waals surface area contributed by atoms with Crippen molar-refractivity contribution in [2.24, 2.45) is 0 Å². The molecule has 1 aromatic heterocycles. The predicted molar refractivity (Wildman–Crippen MR) is 172 cm³/mol. The van der Waals surface area contributed by atoms with Crippen molar-refractivity contribution in [2.75, 3.05) is 44.7 Å². The van der Waals surface area contributed by atoms with Gasteiger partial charge in [0.2, 0.25) is 0 Å². The normalized spacial score (nSPS) is 19.7. The van der Waals surface area contributed by atoms with Crippen LogP contribution in [0.25, 0.3) is 22.4 Å². The Morgan fingerprint density at radius 2 is 1.96 bits per heavy atom. The molecule has 1 aliphatic carbocycles. The van der Waals surface area contributed by atoms with Crippen LogP contribution in [0.1, 0.15) is 51.2 Å². The number of likely N-dealkylation sites (tertiary alicyclic amines) is 1. The van der Waals surface area contributed by atoms with E-state index >= 15 is 0 Å². The second-order valence-electron chi connectivity index (χ2n) is 13.4. The number of aromatic hydroxyl groups is 1. The van der Waals surface area contributed by atoms with E-state index < -0.39 is 17.5 Å². The van der Waals surface area contributed by atoms with Crippen LogP contribution in [0.2, 0.25) is 0 Å². The maximum Gasteiger partial charge on any atom is 0.410 e. The SMILES string of the molecule is CN1CCC[C@H]1COc1nc2c(c(N3CCN(C(=O)OC(C)(C)C)[C@@H](CC#N)C3)n1)CCc1ccc(-c3c(O)cccc3F)cc1-2. The van der Waals surface area contributed by atoms with Crippen molar-refractivity contribution >= 4 is 11.9 Å². The fourth-order valence-corrected chi connectivity index (χ4v) is 6.71. The van der Waals surface area contributed by atoms with E-state index in [9.17, 15) is 19.6 Å². The van der Waals surface area contributed by atoms with Gasteiger partial charge < -0.3 is 29.3 Å². The second-order valence-corrected chi connectivity index (χ2v) is 13.4. The van der Waals surface area contributed by atoms with Crippen LogP contribution >= 0.6 is 0 Å². The van der Waals surface area contributed by atoms with Gasteiger partial charge in [-0.1, -0.05) is 18.2 Å². The van der Waals surface area contributed by atoms with Crippen LogP contribution in [0.4, 0.5) is 15.0 Å². The van der Waals surface area contributed by atoms with Crippen LogP contribution in [0.5, 0.6) is 11.8 Å². The van der Waals surface area contributed by atoms with Gasteiger partial charge in [-0.25, -0.2) is 9.18 Å². The van der Waals surface area contributed by atoms with Gasteiger partial charge in [0, 0.05) is 36.8 Å². The molecule has 1 N–H and O–H groups in total. The zero-order chi connectivity index (χ0) is 32.6. The van der Waals surface area contributed by atoms with Crippen LogP contribution in [-0.4, -0.2) is 88.5 Å². The van der Waals surface area contributed by atoms with Crippen LogP contribution in [0.3, 0.4) is 0 Å². The minimum Gasteiger partial charge on any atom is -0.507 e. The van der Waals surface area contributed by atoms with Crippen LogP contribution in [-0.2, 0) is 17.6 Å². The average molecular weight is 629 g/mol. The topological polar surface area (TPSA) is 115 Å². The highest BCUT2D eigenvalue weighted by Gasteiger charge is 2.36. The molecule has 2 atom stereocenters. The van der Waals surface area contributed by atoms with Crippen LogP contribution in [0, 0.1) is 17.1 Å². The Morgan fingerprint density at radius 1 is 1.13 bits per heavy atom. The molecule has 3 heterocycles. The lowest BCUT2D eigenvalue weighted by molar-refractivity contribution is 0.0144. The molecule has 2 aromatic carbocycles.